The lowest BCUT2D eigenvalue weighted by Crippen LogP contribution is -2.50. The van der Waals surface area contributed by atoms with Crippen LogP contribution in [0.4, 0.5) is 0 Å². The van der Waals surface area contributed by atoms with Gasteiger partial charge in [-0.2, -0.15) is 0 Å². The van der Waals surface area contributed by atoms with E-state index in [0.717, 1.165) is 5.57 Å². The maximum atomic E-state index is 9.00. The highest BCUT2D eigenvalue weighted by Crippen LogP contribution is 2.19. The first-order valence-electron chi connectivity index (χ1n) is 9.57. The molecule has 0 heterocycles. The summed E-state index contributed by atoms with van der Waals surface area (Å²) in [6.45, 7) is 31.8. The molecule has 0 aromatic carbocycles. The lowest BCUT2D eigenvalue weighted by molar-refractivity contribution is 0.120. The van der Waals surface area contributed by atoms with Crippen molar-refractivity contribution in [2.75, 3.05) is 0 Å². The molecule has 0 saturated heterocycles. The Morgan fingerprint density at radius 2 is 1.03 bits per heavy atom. The average Bonchev–Trinajstić information content (AvgIpc) is 2.19. The summed E-state index contributed by atoms with van der Waals surface area (Å²) in [5.41, 5.74) is -0.526. The SMILES string of the molecule is C.C.C=C(C)C(C)(C)O.CC=CC(C)(C)O.C[Si](C)(C)O[Si](C)(C)O[Si](C)(C)C. The lowest BCUT2D eigenvalue weighted by atomic mass is 10.0. The van der Waals surface area contributed by atoms with Gasteiger partial charge in [-0.1, -0.05) is 33.6 Å². The van der Waals surface area contributed by atoms with Gasteiger partial charge >= 0.3 is 8.56 Å². The molecule has 0 rings (SSSR count). The molecule has 0 aliphatic carbocycles. The van der Waals surface area contributed by atoms with Crippen LogP contribution in [0, 0.1) is 0 Å². The van der Waals surface area contributed by atoms with Crippen molar-refractivity contribution in [3.63, 3.8) is 0 Å². The van der Waals surface area contributed by atoms with E-state index < -0.39 is 36.4 Å². The summed E-state index contributed by atoms with van der Waals surface area (Å²) >= 11 is 0. The highest BCUT2D eigenvalue weighted by molar-refractivity contribution is 6.87. The van der Waals surface area contributed by atoms with Crippen LogP contribution in [0.2, 0.25) is 52.4 Å². The average molecular weight is 469 g/mol. The Labute approximate surface area is 187 Å². The van der Waals surface area contributed by atoms with Crippen molar-refractivity contribution in [3.05, 3.63) is 24.3 Å². The monoisotopic (exact) mass is 468 g/mol. The molecule has 29 heavy (non-hydrogen) atoms. The number of hydrogen-bond donors (Lipinski definition) is 2. The molecule has 180 valence electrons. The topological polar surface area (TPSA) is 58.9 Å². The van der Waals surface area contributed by atoms with Crippen LogP contribution in [0.25, 0.3) is 0 Å². The lowest BCUT2D eigenvalue weighted by Gasteiger charge is -2.35. The summed E-state index contributed by atoms with van der Waals surface area (Å²) in [4.78, 5) is 0. The zero-order valence-electron chi connectivity index (χ0n) is 20.6. The fourth-order valence-electron chi connectivity index (χ4n) is 1.90. The Bertz CT molecular complexity index is 429. The van der Waals surface area contributed by atoms with E-state index in [-0.39, 0.29) is 14.9 Å². The fraction of sp³-hybridized carbons (Fsp3) is 0.818. The molecule has 0 amide bonds. The first kappa shape index (κ1) is 39.4. The first-order chi connectivity index (χ1) is 11.4. The second kappa shape index (κ2) is 14.9. The van der Waals surface area contributed by atoms with E-state index in [4.69, 9.17) is 18.4 Å². The van der Waals surface area contributed by atoms with Gasteiger partial charge in [0.1, 0.15) is 0 Å². The Hall–Kier alpha value is -0.0294. The number of aliphatic hydroxyl groups is 2. The van der Waals surface area contributed by atoms with Crippen LogP contribution in [0.3, 0.4) is 0 Å². The molecule has 2 N–H and O–H groups in total. The van der Waals surface area contributed by atoms with Crippen LogP contribution in [0.15, 0.2) is 24.3 Å². The standard InChI is InChI=1S/C8H24O2Si3.2C6H12O.2CH4/c1-11(2,3)9-13(7,8)10-12(4,5)6;1-5(2)6(3,4)7;1-4-5-6(2,3)7;;/h1-8H3;7H,1H2,2-4H3;4-5,7H,1-3H3;2*1H4. The molecule has 0 spiro atoms. The Morgan fingerprint density at radius 3 is 1.10 bits per heavy atom. The van der Waals surface area contributed by atoms with Crippen LogP contribution in [0.1, 0.15) is 56.4 Å². The van der Waals surface area contributed by atoms with Gasteiger partial charge in [0.25, 0.3) is 0 Å². The van der Waals surface area contributed by atoms with E-state index in [0.29, 0.717) is 0 Å². The van der Waals surface area contributed by atoms with Crippen LogP contribution < -0.4 is 0 Å². The molecule has 0 aliphatic heterocycles. The molecule has 0 aromatic rings. The first-order valence-corrected chi connectivity index (χ1v) is 19.2. The molecule has 0 unspecified atom stereocenters. The molecule has 0 radical (unpaired) electrons. The number of allylic oxidation sites excluding steroid dienone is 1. The smallest absolute Gasteiger partial charge is 0.311 e. The highest BCUT2D eigenvalue weighted by Gasteiger charge is 2.35. The summed E-state index contributed by atoms with van der Waals surface area (Å²) in [6.07, 6.45) is 3.58. The zero-order chi connectivity index (χ0) is 22.9. The van der Waals surface area contributed by atoms with Crippen LogP contribution in [-0.4, -0.2) is 46.6 Å². The van der Waals surface area contributed by atoms with Crippen molar-refractivity contribution < 1.29 is 18.4 Å². The van der Waals surface area contributed by atoms with E-state index >= 15 is 0 Å². The molecule has 0 saturated carbocycles. The fourth-order valence-corrected chi connectivity index (χ4v) is 14.2. The number of hydrogen-bond acceptors (Lipinski definition) is 4. The predicted molar refractivity (Wildman–Crippen MR) is 142 cm³/mol. The van der Waals surface area contributed by atoms with Gasteiger partial charge in [-0.15, -0.1) is 0 Å². The minimum absolute atomic E-state index is 0. The quantitative estimate of drug-likeness (QED) is 0.316. The van der Waals surface area contributed by atoms with Gasteiger partial charge in [0.15, 0.2) is 16.6 Å². The summed E-state index contributed by atoms with van der Waals surface area (Å²) in [6, 6.07) is 0. The number of rotatable bonds is 6. The van der Waals surface area contributed by atoms with Gasteiger partial charge in [-0.3, -0.25) is 0 Å². The summed E-state index contributed by atoms with van der Waals surface area (Å²) < 4.78 is 12.2. The van der Waals surface area contributed by atoms with E-state index in [2.05, 4.69) is 59.0 Å². The van der Waals surface area contributed by atoms with Crippen molar-refractivity contribution in [2.24, 2.45) is 0 Å². The van der Waals surface area contributed by atoms with Crippen molar-refractivity contribution in [2.45, 2.75) is 120 Å². The molecule has 0 atom stereocenters. The van der Waals surface area contributed by atoms with Crippen LogP contribution in [0.5, 0.6) is 0 Å². The third-order valence-corrected chi connectivity index (χ3v) is 11.6. The van der Waals surface area contributed by atoms with Gasteiger partial charge in [-0.05, 0) is 99.5 Å². The maximum Gasteiger partial charge on any atom is 0.311 e. The van der Waals surface area contributed by atoms with E-state index in [1.54, 1.807) is 40.7 Å². The predicted octanol–water partition coefficient (Wildman–Crippen LogP) is 7.33. The largest absolute Gasteiger partial charge is 0.437 e. The van der Waals surface area contributed by atoms with Gasteiger partial charge in [0.2, 0.25) is 0 Å². The minimum Gasteiger partial charge on any atom is -0.437 e. The van der Waals surface area contributed by atoms with Crippen molar-refractivity contribution >= 4 is 25.2 Å². The van der Waals surface area contributed by atoms with Crippen molar-refractivity contribution in [3.8, 4) is 0 Å². The van der Waals surface area contributed by atoms with E-state index in [1.165, 1.54) is 0 Å². The molecule has 4 nitrogen and oxygen atoms in total. The van der Waals surface area contributed by atoms with Gasteiger partial charge in [-0.25, -0.2) is 0 Å². The Morgan fingerprint density at radius 1 is 0.793 bits per heavy atom. The summed E-state index contributed by atoms with van der Waals surface area (Å²) in [5, 5.41) is 17.9. The summed E-state index contributed by atoms with van der Waals surface area (Å²) in [5.74, 6) is 0. The van der Waals surface area contributed by atoms with Gasteiger partial charge in [0, 0.05) is 0 Å². The highest BCUT2D eigenvalue weighted by atomic mass is 28.5. The molecular formula is C22H56O4Si3. The normalized spacial score (nSPS) is 12.6. The molecule has 0 bridgehead atoms. The second-order valence-electron chi connectivity index (χ2n) is 10.3. The maximum absolute atomic E-state index is 9.00. The van der Waals surface area contributed by atoms with Crippen molar-refractivity contribution in [1.82, 2.24) is 0 Å². The molecule has 0 aromatic heterocycles. The van der Waals surface area contributed by atoms with Crippen LogP contribution in [-0.2, 0) is 8.23 Å². The van der Waals surface area contributed by atoms with Gasteiger partial charge < -0.3 is 18.4 Å². The minimum atomic E-state index is -1.85. The van der Waals surface area contributed by atoms with Crippen LogP contribution >= 0.6 is 0 Å². The van der Waals surface area contributed by atoms with Gasteiger partial charge in [0.05, 0.1) is 11.2 Å². The third kappa shape index (κ3) is 39.1. The molecular weight excluding hydrogens is 412 g/mol. The Kier molecular flexibility index (Phi) is 20.2. The third-order valence-electron chi connectivity index (χ3n) is 2.72. The van der Waals surface area contributed by atoms with Crippen molar-refractivity contribution in [1.29, 1.82) is 0 Å². The molecule has 7 heteroatoms. The summed E-state index contributed by atoms with van der Waals surface area (Å²) in [7, 11) is -4.72. The Balaban J connectivity index is -0.000000104. The van der Waals surface area contributed by atoms with E-state index in [9.17, 15) is 0 Å². The second-order valence-corrected chi connectivity index (χ2v) is 23.2. The zero-order valence-corrected chi connectivity index (χ0v) is 23.6. The molecule has 0 fully saturated rings. The molecule has 0 aliphatic rings. The van der Waals surface area contributed by atoms with E-state index in [1.807, 2.05) is 13.0 Å².